The molecule has 1 aromatic rings. The summed E-state index contributed by atoms with van der Waals surface area (Å²) >= 11 is 0. The first-order valence-electron chi connectivity index (χ1n) is 7.30. The van der Waals surface area contributed by atoms with Gasteiger partial charge in [-0.25, -0.2) is 0 Å². The van der Waals surface area contributed by atoms with Crippen LogP contribution in [0.5, 0.6) is 0 Å². The van der Waals surface area contributed by atoms with Crippen molar-refractivity contribution >= 4 is 5.78 Å². The molecule has 1 aromatic heterocycles. The maximum absolute atomic E-state index is 12.6. The van der Waals surface area contributed by atoms with Crippen molar-refractivity contribution in [2.45, 2.75) is 60.3 Å². The number of ketones is 1. The van der Waals surface area contributed by atoms with Crippen LogP contribution >= 0.6 is 0 Å². The maximum Gasteiger partial charge on any atom is 0.139 e. The molecule has 0 amide bonds. The molecule has 0 spiro atoms. The van der Waals surface area contributed by atoms with Crippen molar-refractivity contribution in [1.82, 2.24) is 4.98 Å². The van der Waals surface area contributed by atoms with Gasteiger partial charge in [0.2, 0.25) is 0 Å². The topological polar surface area (TPSA) is 30.0 Å². The van der Waals surface area contributed by atoms with Crippen LogP contribution in [0.4, 0.5) is 0 Å². The molecule has 0 saturated carbocycles. The molecule has 2 nitrogen and oxygen atoms in total. The molecular weight excluding hydrogens is 234 g/mol. The van der Waals surface area contributed by atoms with E-state index in [0.29, 0.717) is 12.2 Å². The van der Waals surface area contributed by atoms with Crippen molar-refractivity contribution in [3.8, 4) is 0 Å². The first-order valence-corrected chi connectivity index (χ1v) is 7.30. The SMILES string of the molecule is CCC(C)(C)C(C)(CC)C(=O)CCc1ccccn1. The third-order valence-electron chi connectivity index (χ3n) is 5.03. The van der Waals surface area contributed by atoms with E-state index in [0.717, 1.165) is 25.0 Å². The number of Topliss-reactive ketones (excluding diaryl/α,β-unsaturated/α-hetero) is 1. The smallest absolute Gasteiger partial charge is 0.139 e. The van der Waals surface area contributed by atoms with E-state index in [-0.39, 0.29) is 10.8 Å². The number of nitrogens with zero attached hydrogens (tertiary/aromatic N) is 1. The Morgan fingerprint density at radius 2 is 1.84 bits per heavy atom. The van der Waals surface area contributed by atoms with Crippen LogP contribution in [0, 0.1) is 10.8 Å². The quantitative estimate of drug-likeness (QED) is 0.726. The Labute approximate surface area is 117 Å². The van der Waals surface area contributed by atoms with Gasteiger partial charge in [0, 0.05) is 23.7 Å². The van der Waals surface area contributed by atoms with Crippen LogP contribution in [0.2, 0.25) is 0 Å². The highest BCUT2D eigenvalue weighted by Gasteiger charge is 2.43. The van der Waals surface area contributed by atoms with Gasteiger partial charge in [0.25, 0.3) is 0 Å². The number of carbonyl (C=O) groups is 1. The number of hydrogen-bond acceptors (Lipinski definition) is 2. The zero-order valence-corrected chi connectivity index (χ0v) is 13.0. The minimum Gasteiger partial charge on any atom is -0.299 e. The van der Waals surface area contributed by atoms with Crippen molar-refractivity contribution in [1.29, 1.82) is 0 Å². The summed E-state index contributed by atoms with van der Waals surface area (Å²) in [5.41, 5.74) is 0.808. The lowest BCUT2D eigenvalue weighted by molar-refractivity contribution is -0.135. The number of rotatable bonds is 7. The second kappa shape index (κ2) is 6.31. The third-order valence-corrected chi connectivity index (χ3v) is 5.03. The normalized spacial score (nSPS) is 15.0. The lowest BCUT2D eigenvalue weighted by atomic mass is 9.61. The van der Waals surface area contributed by atoms with Gasteiger partial charge in [0.1, 0.15) is 5.78 Å². The third kappa shape index (κ3) is 3.43. The molecule has 1 unspecified atom stereocenters. The van der Waals surface area contributed by atoms with Crippen LogP contribution in [0.3, 0.4) is 0 Å². The molecule has 0 saturated heterocycles. The first-order chi connectivity index (χ1) is 8.87. The second-order valence-electron chi connectivity index (χ2n) is 6.17. The average molecular weight is 261 g/mol. The molecule has 0 aliphatic heterocycles. The lowest BCUT2D eigenvalue weighted by Crippen LogP contribution is -2.41. The van der Waals surface area contributed by atoms with Crippen LogP contribution < -0.4 is 0 Å². The molecule has 0 aromatic carbocycles. The monoisotopic (exact) mass is 261 g/mol. The highest BCUT2D eigenvalue weighted by atomic mass is 16.1. The van der Waals surface area contributed by atoms with Crippen molar-refractivity contribution in [2.75, 3.05) is 0 Å². The summed E-state index contributed by atoms with van der Waals surface area (Å²) in [5, 5.41) is 0. The van der Waals surface area contributed by atoms with E-state index in [1.807, 2.05) is 18.2 Å². The van der Waals surface area contributed by atoms with Crippen LogP contribution in [0.1, 0.15) is 59.6 Å². The predicted octanol–water partition coefficient (Wildman–Crippen LogP) is 4.44. The minimum absolute atomic E-state index is 0.0446. The Morgan fingerprint density at radius 1 is 1.16 bits per heavy atom. The van der Waals surface area contributed by atoms with Crippen LogP contribution in [0.15, 0.2) is 24.4 Å². The predicted molar refractivity (Wildman–Crippen MR) is 80.0 cm³/mol. The number of aromatic nitrogens is 1. The molecule has 0 bridgehead atoms. The standard InChI is InChI=1S/C17H27NO/c1-6-16(3,4)17(5,7-2)15(19)12-11-14-10-8-9-13-18-14/h8-10,13H,6-7,11-12H2,1-5H3. The Morgan fingerprint density at radius 3 is 2.32 bits per heavy atom. The van der Waals surface area contributed by atoms with E-state index in [4.69, 9.17) is 0 Å². The van der Waals surface area contributed by atoms with E-state index < -0.39 is 0 Å². The molecule has 1 rings (SSSR count). The van der Waals surface area contributed by atoms with Crippen molar-refractivity contribution in [3.63, 3.8) is 0 Å². The molecule has 19 heavy (non-hydrogen) atoms. The summed E-state index contributed by atoms with van der Waals surface area (Å²) in [6.07, 6.45) is 5.04. The molecule has 0 aliphatic carbocycles. The van der Waals surface area contributed by atoms with Gasteiger partial charge in [-0.3, -0.25) is 9.78 Å². The number of aryl methyl sites for hydroxylation is 1. The maximum atomic E-state index is 12.6. The summed E-state index contributed by atoms with van der Waals surface area (Å²) in [5.74, 6) is 0.368. The van der Waals surface area contributed by atoms with Gasteiger partial charge in [0.15, 0.2) is 0 Å². The summed E-state index contributed by atoms with van der Waals surface area (Å²) in [6, 6.07) is 5.87. The van der Waals surface area contributed by atoms with Gasteiger partial charge < -0.3 is 0 Å². The molecule has 2 heteroatoms. The van der Waals surface area contributed by atoms with Gasteiger partial charge in [-0.1, -0.05) is 47.1 Å². The summed E-state index contributed by atoms with van der Waals surface area (Å²) in [6.45, 7) is 10.8. The van der Waals surface area contributed by atoms with Gasteiger partial charge in [-0.05, 0) is 30.4 Å². The number of hydrogen-bond donors (Lipinski definition) is 0. The van der Waals surface area contributed by atoms with Gasteiger partial charge >= 0.3 is 0 Å². The molecule has 0 fully saturated rings. The fourth-order valence-corrected chi connectivity index (χ4v) is 2.51. The Kier molecular flexibility index (Phi) is 5.28. The van der Waals surface area contributed by atoms with Crippen LogP contribution in [-0.2, 0) is 11.2 Å². The zero-order chi connectivity index (χ0) is 14.5. The van der Waals surface area contributed by atoms with Crippen LogP contribution in [-0.4, -0.2) is 10.8 Å². The zero-order valence-electron chi connectivity index (χ0n) is 13.0. The van der Waals surface area contributed by atoms with E-state index in [9.17, 15) is 4.79 Å². The van der Waals surface area contributed by atoms with Crippen molar-refractivity contribution in [2.24, 2.45) is 10.8 Å². The molecule has 106 valence electrons. The number of carbonyl (C=O) groups excluding carboxylic acids is 1. The second-order valence-corrected chi connectivity index (χ2v) is 6.17. The van der Waals surface area contributed by atoms with E-state index in [1.165, 1.54) is 0 Å². The Bertz CT molecular complexity index is 411. The summed E-state index contributed by atoms with van der Waals surface area (Å²) < 4.78 is 0. The van der Waals surface area contributed by atoms with Crippen molar-refractivity contribution in [3.05, 3.63) is 30.1 Å². The molecule has 0 N–H and O–H groups in total. The molecule has 1 atom stereocenters. The van der Waals surface area contributed by atoms with Crippen molar-refractivity contribution < 1.29 is 4.79 Å². The Hall–Kier alpha value is -1.18. The summed E-state index contributed by atoms with van der Waals surface area (Å²) in [7, 11) is 0. The number of pyridine rings is 1. The average Bonchev–Trinajstić information content (AvgIpc) is 2.44. The van der Waals surface area contributed by atoms with Gasteiger partial charge in [-0.15, -0.1) is 0 Å². The minimum atomic E-state index is -0.240. The van der Waals surface area contributed by atoms with E-state index in [2.05, 4.69) is 39.6 Å². The Balaban J connectivity index is 2.75. The lowest BCUT2D eigenvalue weighted by Gasteiger charge is -2.42. The highest BCUT2D eigenvalue weighted by molar-refractivity contribution is 5.85. The van der Waals surface area contributed by atoms with Crippen LogP contribution in [0.25, 0.3) is 0 Å². The van der Waals surface area contributed by atoms with Gasteiger partial charge in [0.05, 0.1) is 0 Å². The highest BCUT2D eigenvalue weighted by Crippen LogP contribution is 2.45. The fraction of sp³-hybridized carbons (Fsp3) is 0.647. The molecular formula is C17H27NO. The fourth-order valence-electron chi connectivity index (χ4n) is 2.51. The molecule has 1 heterocycles. The summed E-state index contributed by atoms with van der Waals surface area (Å²) in [4.78, 5) is 16.9. The van der Waals surface area contributed by atoms with E-state index in [1.54, 1.807) is 6.20 Å². The molecule has 0 radical (unpaired) electrons. The molecule has 0 aliphatic rings. The first kappa shape index (κ1) is 15.9. The largest absolute Gasteiger partial charge is 0.299 e. The van der Waals surface area contributed by atoms with Gasteiger partial charge in [-0.2, -0.15) is 0 Å². The van der Waals surface area contributed by atoms with E-state index >= 15 is 0 Å².